The van der Waals surface area contributed by atoms with Crippen molar-refractivity contribution in [2.75, 3.05) is 38.5 Å². The number of aryl methyl sites for hydroxylation is 1. The van der Waals surface area contributed by atoms with Gasteiger partial charge in [0.2, 0.25) is 0 Å². The van der Waals surface area contributed by atoms with E-state index in [0.29, 0.717) is 13.1 Å². The minimum absolute atomic E-state index is 0.0553. The van der Waals surface area contributed by atoms with Crippen LogP contribution in [-0.4, -0.2) is 59.9 Å². The number of rotatable bonds is 9. The molecule has 0 atom stereocenters. The number of imidazole rings is 1. The number of anilines is 1. The molecule has 0 aliphatic carbocycles. The number of sulfonamides is 1. The fourth-order valence-corrected chi connectivity index (χ4v) is 4.01. The molecule has 0 unspecified atom stereocenters. The Morgan fingerprint density at radius 2 is 1.81 bits per heavy atom. The topological polar surface area (TPSA) is 84.5 Å². The van der Waals surface area contributed by atoms with Crippen molar-refractivity contribution in [1.29, 1.82) is 0 Å². The molecule has 1 aromatic heterocycles. The Bertz CT molecular complexity index is 517. The number of aromatic nitrogens is 2. The van der Waals surface area contributed by atoms with Gasteiger partial charge in [-0.15, -0.1) is 0 Å². The van der Waals surface area contributed by atoms with Crippen LogP contribution in [0.1, 0.15) is 27.2 Å². The SMILES string of the molecule is CCN(CC)CCCN(CC)S(=O)(=O)c1c(N)ncn1C. The van der Waals surface area contributed by atoms with Crippen LogP contribution >= 0.6 is 0 Å². The minimum atomic E-state index is -3.59. The summed E-state index contributed by atoms with van der Waals surface area (Å²) in [5.74, 6) is 0.0553. The number of hydrogen-bond acceptors (Lipinski definition) is 5. The van der Waals surface area contributed by atoms with E-state index in [1.165, 1.54) is 15.2 Å². The maximum absolute atomic E-state index is 12.7. The summed E-state index contributed by atoms with van der Waals surface area (Å²) in [6, 6.07) is 0. The van der Waals surface area contributed by atoms with E-state index in [9.17, 15) is 8.42 Å². The van der Waals surface area contributed by atoms with Gasteiger partial charge in [0.25, 0.3) is 10.0 Å². The predicted octanol–water partition coefficient (Wildman–Crippen LogP) is 0.745. The maximum atomic E-state index is 12.7. The van der Waals surface area contributed by atoms with Crippen molar-refractivity contribution < 1.29 is 8.42 Å². The quantitative estimate of drug-likeness (QED) is 0.726. The summed E-state index contributed by atoms with van der Waals surface area (Å²) in [4.78, 5) is 6.14. The van der Waals surface area contributed by atoms with Crippen LogP contribution in [0.3, 0.4) is 0 Å². The van der Waals surface area contributed by atoms with Crippen LogP contribution in [-0.2, 0) is 17.1 Å². The van der Waals surface area contributed by atoms with Gasteiger partial charge in [-0.3, -0.25) is 0 Å². The lowest BCUT2D eigenvalue weighted by atomic mass is 10.3. The minimum Gasteiger partial charge on any atom is -0.381 e. The third-order valence-electron chi connectivity index (χ3n) is 3.62. The highest BCUT2D eigenvalue weighted by molar-refractivity contribution is 7.89. The summed E-state index contributed by atoms with van der Waals surface area (Å²) < 4.78 is 28.2. The smallest absolute Gasteiger partial charge is 0.262 e. The summed E-state index contributed by atoms with van der Waals surface area (Å²) in [7, 11) is -1.95. The standard InChI is InChI=1S/C13H27N5O2S/c1-5-17(6-2)9-8-10-18(7-3)21(19,20)13-12(14)15-11-16(13)4/h11H,5-10,14H2,1-4H3. The second-order valence-electron chi connectivity index (χ2n) is 4.92. The van der Waals surface area contributed by atoms with Crippen LogP contribution in [0, 0.1) is 0 Å². The first-order valence-corrected chi connectivity index (χ1v) is 8.81. The Morgan fingerprint density at radius 1 is 1.19 bits per heavy atom. The Hall–Kier alpha value is -1.12. The lowest BCUT2D eigenvalue weighted by molar-refractivity contribution is 0.285. The van der Waals surface area contributed by atoms with E-state index in [-0.39, 0.29) is 10.8 Å². The molecular weight excluding hydrogens is 290 g/mol. The zero-order valence-electron chi connectivity index (χ0n) is 13.4. The molecule has 1 heterocycles. The molecule has 1 rings (SSSR count). The van der Waals surface area contributed by atoms with Gasteiger partial charge in [-0.25, -0.2) is 13.4 Å². The van der Waals surface area contributed by atoms with Crippen molar-refractivity contribution in [3.63, 3.8) is 0 Å². The van der Waals surface area contributed by atoms with Gasteiger partial charge < -0.3 is 15.2 Å². The van der Waals surface area contributed by atoms with Crippen molar-refractivity contribution in [2.24, 2.45) is 7.05 Å². The summed E-state index contributed by atoms with van der Waals surface area (Å²) in [6.07, 6.45) is 2.22. The van der Waals surface area contributed by atoms with Gasteiger partial charge in [0.1, 0.15) is 0 Å². The highest BCUT2D eigenvalue weighted by Gasteiger charge is 2.28. The highest BCUT2D eigenvalue weighted by atomic mass is 32.2. The number of nitrogens with two attached hydrogens (primary N) is 1. The van der Waals surface area contributed by atoms with Gasteiger partial charge >= 0.3 is 0 Å². The van der Waals surface area contributed by atoms with E-state index >= 15 is 0 Å². The predicted molar refractivity (Wildman–Crippen MR) is 84.5 cm³/mol. The largest absolute Gasteiger partial charge is 0.381 e. The van der Waals surface area contributed by atoms with Crippen molar-refractivity contribution in [3.05, 3.63) is 6.33 Å². The van der Waals surface area contributed by atoms with Crippen LogP contribution in [0.4, 0.5) is 5.82 Å². The van der Waals surface area contributed by atoms with Crippen molar-refractivity contribution in [3.8, 4) is 0 Å². The number of nitrogen functional groups attached to an aromatic ring is 1. The maximum Gasteiger partial charge on any atom is 0.262 e. The van der Waals surface area contributed by atoms with Gasteiger partial charge in [0, 0.05) is 20.1 Å². The third-order valence-corrected chi connectivity index (χ3v) is 5.73. The molecule has 122 valence electrons. The van der Waals surface area contributed by atoms with Crippen LogP contribution < -0.4 is 5.73 Å². The van der Waals surface area contributed by atoms with Crippen molar-refractivity contribution in [2.45, 2.75) is 32.2 Å². The average molecular weight is 317 g/mol. The molecule has 0 aromatic carbocycles. The summed E-state index contributed by atoms with van der Waals surface area (Å²) in [6.45, 7) is 9.79. The van der Waals surface area contributed by atoms with E-state index in [4.69, 9.17) is 5.73 Å². The van der Waals surface area contributed by atoms with E-state index in [0.717, 1.165) is 26.1 Å². The molecule has 2 N–H and O–H groups in total. The summed E-state index contributed by atoms with van der Waals surface area (Å²) >= 11 is 0. The average Bonchev–Trinajstić information content (AvgIpc) is 2.78. The monoisotopic (exact) mass is 317 g/mol. The molecule has 21 heavy (non-hydrogen) atoms. The molecule has 0 spiro atoms. The first kappa shape index (κ1) is 17.9. The second kappa shape index (κ2) is 7.77. The second-order valence-corrected chi connectivity index (χ2v) is 6.78. The Kier molecular flexibility index (Phi) is 6.63. The van der Waals surface area contributed by atoms with Crippen LogP contribution in [0.2, 0.25) is 0 Å². The molecule has 0 amide bonds. The Balaban J connectivity index is 2.80. The van der Waals surface area contributed by atoms with Gasteiger partial charge in [0.05, 0.1) is 6.33 Å². The van der Waals surface area contributed by atoms with Gasteiger partial charge in [-0.1, -0.05) is 20.8 Å². The lowest BCUT2D eigenvalue weighted by Gasteiger charge is -2.23. The van der Waals surface area contributed by atoms with E-state index in [1.807, 2.05) is 6.92 Å². The fourth-order valence-electron chi connectivity index (χ4n) is 2.33. The molecule has 0 saturated carbocycles. The van der Waals surface area contributed by atoms with Crippen LogP contribution in [0.15, 0.2) is 11.4 Å². The molecule has 8 heteroatoms. The fraction of sp³-hybridized carbons (Fsp3) is 0.769. The van der Waals surface area contributed by atoms with Gasteiger partial charge in [-0.05, 0) is 26.1 Å². The molecule has 0 aliphatic heterocycles. The summed E-state index contributed by atoms with van der Waals surface area (Å²) in [5, 5.41) is 0.0761. The molecule has 0 saturated heterocycles. The Labute approximate surface area is 127 Å². The molecule has 0 bridgehead atoms. The molecular formula is C13H27N5O2S. The summed E-state index contributed by atoms with van der Waals surface area (Å²) in [5.41, 5.74) is 5.69. The molecule has 0 radical (unpaired) electrons. The van der Waals surface area contributed by atoms with Crippen LogP contribution in [0.5, 0.6) is 0 Å². The first-order chi connectivity index (χ1) is 9.88. The Morgan fingerprint density at radius 3 is 2.24 bits per heavy atom. The zero-order chi connectivity index (χ0) is 16.0. The molecule has 0 fully saturated rings. The lowest BCUT2D eigenvalue weighted by Crippen LogP contribution is -2.35. The molecule has 1 aromatic rings. The van der Waals surface area contributed by atoms with Crippen LogP contribution in [0.25, 0.3) is 0 Å². The van der Waals surface area contributed by atoms with Crippen molar-refractivity contribution in [1.82, 2.24) is 18.8 Å². The number of nitrogens with zero attached hydrogens (tertiary/aromatic N) is 4. The molecule has 7 nitrogen and oxygen atoms in total. The normalized spacial score (nSPS) is 12.5. The molecule has 0 aliphatic rings. The van der Waals surface area contributed by atoms with Gasteiger partial charge in [-0.2, -0.15) is 4.31 Å². The number of hydrogen-bond donors (Lipinski definition) is 1. The third kappa shape index (κ3) is 4.18. The zero-order valence-corrected chi connectivity index (χ0v) is 14.2. The first-order valence-electron chi connectivity index (χ1n) is 7.37. The van der Waals surface area contributed by atoms with E-state index < -0.39 is 10.0 Å². The van der Waals surface area contributed by atoms with Crippen molar-refractivity contribution >= 4 is 15.8 Å². The van der Waals surface area contributed by atoms with Gasteiger partial charge in [0.15, 0.2) is 10.8 Å². The van der Waals surface area contributed by atoms with E-state index in [1.54, 1.807) is 7.05 Å². The highest BCUT2D eigenvalue weighted by Crippen LogP contribution is 2.20. The van der Waals surface area contributed by atoms with E-state index in [2.05, 4.69) is 23.7 Å².